The molecule has 2 rings (SSSR count). The fourth-order valence-corrected chi connectivity index (χ4v) is 2.85. The predicted molar refractivity (Wildman–Crippen MR) is 81.0 cm³/mol. The Labute approximate surface area is 120 Å². The van der Waals surface area contributed by atoms with E-state index in [2.05, 4.69) is 34.8 Å². The van der Waals surface area contributed by atoms with Crippen molar-refractivity contribution in [3.63, 3.8) is 0 Å². The lowest BCUT2D eigenvalue weighted by Crippen LogP contribution is -2.34. The fraction of sp³-hybridized carbons (Fsp3) is 0.562. The number of esters is 1. The largest absolute Gasteiger partial charge is 0.468 e. The minimum Gasteiger partial charge on any atom is -0.468 e. The molecule has 0 saturated carbocycles. The van der Waals surface area contributed by atoms with Crippen molar-refractivity contribution >= 4 is 11.7 Å². The van der Waals surface area contributed by atoms with Gasteiger partial charge in [-0.2, -0.15) is 0 Å². The molecule has 0 aromatic heterocycles. The second kappa shape index (κ2) is 6.75. The van der Waals surface area contributed by atoms with Crippen LogP contribution >= 0.6 is 0 Å². The highest BCUT2D eigenvalue weighted by molar-refractivity contribution is 5.75. The van der Waals surface area contributed by atoms with Crippen molar-refractivity contribution < 1.29 is 9.53 Å². The van der Waals surface area contributed by atoms with Crippen molar-refractivity contribution in [2.75, 3.05) is 25.1 Å². The predicted octanol–water partition coefficient (Wildman–Crippen LogP) is 1.89. The zero-order chi connectivity index (χ0) is 14.5. The minimum atomic E-state index is -0.576. The topological polar surface area (TPSA) is 55.6 Å². The minimum absolute atomic E-state index is 0.352. The van der Waals surface area contributed by atoms with Crippen LogP contribution in [0.3, 0.4) is 0 Å². The Morgan fingerprint density at radius 3 is 3.00 bits per heavy atom. The third-order valence-corrected chi connectivity index (χ3v) is 3.81. The molecular formula is C16H24N2O2. The van der Waals surface area contributed by atoms with E-state index in [4.69, 9.17) is 5.73 Å². The number of aryl methyl sites for hydroxylation is 1. The van der Waals surface area contributed by atoms with Gasteiger partial charge < -0.3 is 15.4 Å². The highest BCUT2D eigenvalue weighted by Crippen LogP contribution is 2.28. The molecule has 1 aliphatic heterocycles. The molecule has 1 aromatic carbocycles. The number of fused-ring (bicyclic) bond motifs is 1. The number of hydrogen-bond donors (Lipinski definition) is 1. The van der Waals surface area contributed by atoms with E-state index in [0.717, 1.165) is 31.5 Å². The van der Waals surface area contributed by atoms with Gasteiger partial charge in [0.05, 0.1) is 7.11 Å². The maximum absolute atomic E-state index is 11.4. The molecule has 0 aliphatic carbocycles. The number of nitrogens with two attached hydrogens (primary N) is 1. The maximum Gasteiger partial charge on any atom is 0.322 e. The molecule has 2 N–H and O–H groups in total. The Hall–Kier alpha value is -1.55. The number of nitrogens with zero attached hydrogens (tertiary/aromatic N) is 1. The Bertz CT molecular complexity index is 474. The Morgan fingerprint density at radius 1 is 1.50 bits per heavy atom. The van der Waals surface area contributed by atoms with Gasteiger partial charge in [0.2, 0.25) is 0 Å². The summed E-state index contributed by atoms with van der Waals surface area (Å²) in [5.74, 6) is -0.352. The quantitative estimate of drug-likeness (QED) is 0.834. The van der Waals surface area contributed by atoms with Crippen molar-refractivity contribution in [3.05, 3.63) is 29.3 Å². The van der Waals surface area contributed by atoms with Crippen LogP contribution in [-0.4, -0.2) is 32.2 Å². The Kier molecular flexibility index (Phi) is 5.01. The van der Waals surface area contributed by atoms with Gasteiger partial charge in [0.15, 0.2) is 0 Å². The third-order valence-electron chi connectivity index (χ3n) is 3.81. The first kappa shape index (κ1) is 14.9. The van der Waals surface area contributed by atoms with Gasteiger partial charge in [-0.15, -0.1) is 0 Å². The molecule has 20 heavy (non-hydrogen) atoms. The molecule has 0 saturated heterocycles. The van der Waals surface area contributed by atoms with E-state index in [0.29, 0.717) is 6.42 Å². The molecule has 0 spiro atoms. The number of ether oxygens (including phenoxy) is 1. The number of carbonyl (C=O) groups is 1. The molecule has 4 nitrogen and oxygen atoms in total. The number of anilines is 1. The number of hydrogen-bond acceptors (Lipinski definition) is 4. The van der Waals surface area contributed by atoms with Gasteiger partial charge in [0.25, 0.3) is 0 Å². The van der Waals surface area contributed by atoms with Crippen molar-refractivity contribution in [2.24, 2.45) is 5.73 Å². The highest BCUT2D eigenvalue weighted by Gasteiger charge is 2.18. The van der Waals surface area contributed by atoms with Crippen molar-refractivity contribution in [1.29, 1.82) is 0 Å². The van der Waals surface area contributed by atoms with Crippen LogP contribution in [0, 0.1) is 0 Å². The Balaban J connectivity index is 2.13. The molecule has 1 aliphatic rings. The second-order valence-corrected chi connectivity index (χ2v) is 5.39. The summed E-state index contributed by atoms with van der Waals surface area (Å²) >= 11 is 0. The first-order valence-corrected chi connectivity index (χ1v) is 7.36. The molecule has 0 amide bonds. The highest BCUT2D eigenvalue weighted by atomic mass is 16.5. The average Bonchev–Trinajstić information content (AvgIpc) is 2.46. The van der Waals surface area contributed by atoms with Crippen LogP contribution in [0.5, 0.6) is 0 Å². The summed E-state index contributed by atoms with van der Waals surface area (Å²) in [5.41, 5.74) is 9.65. The van der Waals surface area contributed by atoms with Gasteiger partial charge in [-0.1, -0.05) is 19.1 Å². The summed E-state index contributed by atoms with van der Waals surface area (Å²) in [7, 11) is 1.37. The second-order valence-electron chi connectivity index (χ2n) is 5.39. The van der Waals surface area contributed by atoms with Crippen LogP contribution in [0.4, 0.5) is 5.69 Å². The standard InChI is InChI=1S/C16H24N2O2/c1-3-8-18-9-4-5-13-10-12(6-7-15(13)18)11-14(17)16(19)20-2/h6-7,10,14H,3-5,8-9,11,17H2,1-2H3. The molecule has 4 heteroatoms. The molecule has 1 heterocycles. The molecule has 0 fully saturated rings. The van der Waals surface area contributed by atoms with E-state index in [-0.39, 0.29) is 5.97 Å². The molecule has 0 radical (unpaired) electrons. The van der Waals surface area contributed by atoms with Crippen LogP contribution in [0.25, 0.3) is 0 Å². The van der Waals surface area contributed by atoms with Gasteiger partial charge in [0.1, 0.15) is 6.04 Å². The van der Waals surface area contributed by atoms with Crippen LogP contribution in [0.1, 0.15) is 30.9 Å². The van der Waals surface area contributed by atoms with Crippen LogP contribution in [0.15, 0.2) is 18.2 Å². The Morgan fingerprint density at radius 2 is 2.30 bits per heavy atom. The summed E-state index contributed by atoms with van der Waals surface area (Å²) in [5, 5.41) is 0. The number of carbonyl (C=O) groups excluding carboxylic acids is 1. The molecule has 1 atom stereocenters. The van der Waals surface area contributed by atoms with E-state index in [1.807, 2.05) is 0 Å². The summed E-state index contributed by atoms with van der Waals surface area (Å²) in [6.45, 7) is 4.45. The average molecular weight is 276 g/mol. The van der Waals surface area contributed by atoms with Gasteiger partial charge in [0, 0.05) is 18.8 Å². The van der Waals surface area contributed by atoms with E-state index < -0.39 is 6.04 Å². The van der Waals surface area contributed by atoms with Crippen molar-refractivity contribution in [2.45, 2.75) is 38.6 Å². The van der Waals surface area contributed by atoms with Crippen molar-refractivity contribution in [1.82, 2.24) is 0 Å². The SMILES string of the molecule is CCCN1CCCc2cc(CC(N)C(=O)OC)ccc21. The lowest BCUT2D eigenvalue weighted by Gasteiger charge is -2.31. The van der Waals surface area contributed by atoms with Crippen LogP contribution in [-0.2, 0) is 22.4 Å². The molecular weight excluding hydrogens is 252 g/mol. The van der Waals surface area contributed by atoms with Gasteiger partial charge >= 0.3 is 5.97 Å². The van der Waals surface area contributed by atoms with E-state index in [1.165, 1.54) is 24.8 Å². The van der Waals surface area contributed by atoms with Crippen molar-refractivity contribution in [3.8, 4) is 0 Å². The molecule has 0 bridgehead atoms. The number of benzene rings is 1. The molecule has 110 valence electrons. The molecule has 1 unspecified atom stereocenters. The van der Waals surface area contributed by atoms with E-state index in [9.17, 15) is 4.79 Å². The summed E-state index contributed by atoms with van der Waals surface area (Å²) in [6.07, 6.45) is 4.00. The fourth-order valence-electron chi connectivity index (χ4n) is 2.85. The van der Waals surface area contributed by atoms with E-state index >= 15 is 0 Å². The summed E-state index contributed by atoms with van der Waals surface area (Å²) in [6, 6.07) is 5.87. The third kappa shape index (κ3) is 3.31. The zero-order valence-corrected chi connectivity index (χ0v) is 12.4. The number of methoxy groups -OCH3 is 1. The van der Waals surface area contributed by atoms with Crippen LogP contribution < -0.4 is 10.6 Å². The first-order valence-electron chi connectivity index (χ1n) is 7.36. The first-order chi connectivity index (χ1) is 9.65. The number of rotatable bonds is 5. The lowest BCUT2D eigenvalue weighted by atomic mass is 9.96. The van der Waals surface area contributed by atoms with Crippen LogP contribution in [0.2, 0.25) is 0 Å². The summed E-state index contributed by atoms with van der Waals surface area (Å²) < 4.78 is 4.67. The smallest absolute Gasteiger partial charge is 0.322 e. The lowest BCUT2D eigenvalue weighted by molar-refractivity contribution is -0.142. The monoisotopic (exact) mass is 276 g/mol. The van der Waals surface area contributed by atoms with Gasteiger partial charge in [-0.05, 0) is 42.9 Å². The zero-order valence-electron chi connectivity index (χ0n) is 12.4. The maximum atomic E-state index is 11.4. The normalized spacial score (nSPS) is 15.7. The molecule has 1 aromatic rings. The van der Waals surface area contributed by atoms with Gasteiger partial charge in [-0.3, -0.25) is 4.79 Å². The van der Waals surface area contributed by atoms with Gasteiger partial charge in [-0.25, -0.2) is 0 Å². The summed E-state index contributed by atoms with van der Waals surface area (Å²) in [4.78, 5) is 13.8. The van der Waals surface area contributed by atoms with E-state index in [1.54, 1.807) is 0 Å².